The van der Waals surface area contributed by atoms with E-state index in [1.807, 2.05) is 18.2 Å². The predicted molar refractivity (Wildman–Crippen MR) is 101 cm³/mol. The topological polar surface area (TPSA) is 65.5 Å². The van der Waals surface area contributed by atoms with Gasteiger partial charge in [0, 0.05) is 19.6 Å². The van der Waals surface area contributed by atoms with Crippen LogP contribution in [0.3, 0.4) is 0 Å². The predicted octanol–water partition coefficient (Wildman–Crippen LogP) is 2.33. The number of amides is 1. The molecule has 0 aliphatic carbocycles. The van der Waals surface area contributed by atoms with Gasteiger partial charge in [-0.1, -0.05) is 44.2 Å². The van der Waals surface area contributed by atoms with Crippen LogP contribution in [-0.2, 0) is 11.2 Å². The minimum atomic E-state index is -0.0243. The van der Waals surface area contributed by atoms with Gasteiger partial charge < -0.3 is 16.0 Å². The third kappa shape index (κ3) is 9.18. The summed E-state index contributed by atoms with van der Waals surface area (Å²) in [6, 6.07) is 10.5. The maximum absolute atomic E-state index is 11.9. The van der Waals surface area contributed by atoms with E-state index >= 15 is 0 Å². The first kappa shape index (κ1) is 20.0. The molecule has 3 N–H and O–H groups in total. The molecule has 1 rings (SSSR count). The molecule has 1 aromatic carbocycles. The lowest BCUT2D eigenvalue weighted by Crippen LogP contribution is -2.46. The minimum Gasteiger partial charge on any atom is -0.354 e. The monoisotopic (exact) mass is 332 g/mol. The Bertz CT molecular complexity index is 499. The highest BCUT2D eigenvalue weighted by Gasteiger charge is 2.08. The number of benzene rings is 1. The molecule has 0 bridgehead atoms. The van der Waals surface area contributed by atoms with Gasteiger partial charge in [0.25, 0.3) is 0 Å². The van der Waals surface area contributed by atoms with Crippen LogP contribution in [0.4, 0.5) is 0 Å². The molecule has 0 aliphatic rings. The lowest BCUT2D eigenvalue weighted by Gasteiger charge is -2.18. The molecule has 0 saturated carbocycles. The maximum Gasteiger partial charge on any atom is 0.239 e. The minimum absolute atomic E-state index is 0.0243. The fraction of sp³-hybridized carbons (Fsp3) is 0.579. The van der Waals surface area contributed by atoms with E-state index in [4.69, 9.17) is 0 Å². The van der Waals surface area contributed by atoms with Crippen molar-refractivity contribution in [2.75, 3.05) is 20.1 Å². The van der Waals surface area contributed by atoms with E-state index in [1.54, 1.807) is 7.05 Å². The molecule has 5 heteroatoms. The zero-order valence-corrected chi connectivity index (χ0v) is 15.4. The Morgan fingerprint density at radius 2 is 1.79 bits per heavy atom. The number of hydrogen-bond acceptors (Lipinski definition) is 2. The zero-order chi connectivity index (χ0) is 17.8. The summed E-state index contributed by atoms with van der Waals surface area (Å²) >= 11 is 0. The Kier molecular flexibility index (Phi) is 9.58. The van der Waals surface area contributed by atoms with Crippen molar-refractivity contribution in [2.45, 2.75) is 46.1 Å². The van der Waals surface area contributed by atoms with Gasteiger partial charge in [0.15, 0.2) is 5.96 Å². The van der Waals surface area contributed by atoms with Crippen molar-refractivity contribution < 1.29 is 4.79 Å². The Balaban J connectivity index is 2.21. The van der Waals surface area contributed by atoms with Gasteiger partial charge in [-0.2, -0.15) is 0 Å². The molecule has 0 aliphatic heterocycles. The quantitative estimate of drug-likeness (QED) is 0.480. The molecule has 5 nitrogen and oxygen atoms in total. The molecule has 1 unspecified atom stereocenters. The summed E-state index contributed by atoms with van der Waals surface area (Å²) < 4.78 is 0. The summed E-state index contributed by atoms with van der Waals surface area (Å²) in [4.78, 5) is 16.1. The molecule has 0 saturated heterocycles. The van der Waals surface area contributed by atoms with Crippen molar-refractivity contribution in [1.82, 2.24) is 16.0 Å². The molecule has 0 spiro atoms. The van der Waals surface area contributed by atoms with Crippen LogP contribution < -0.4 is 16.0 Å². The van der Waals surface area contributed by atoms with Crippen LogP contribution in [-0.4, -0.2) is 38.0 Å². The standard InChI is InChI=1S/C19H32N4O/c1-15(2)10-11-16(3)23-19(20-4)22-14-18(24)21-13-12-17-8-6-5-7-9-17/h5-9,15-16H,10-14H2,1-4H3,(H,21,24)(H2,20,22,23). The van der Waals surface area contributed by atoms with Crippen molar-refractivity contribution in [2.24, 2.45) is 10.9 Å². The first-order valence-electron chi connectivity index (χ1n) is 8.79. The molecule has 0 fully saturated rings. The molecule has 1 aromatic rings. The molecular weight excluding hydrogens is 300 g/mol. The van der Waals surface area contributed by atoms with Crippen molar-refractivity contribution >= 4 is 11.9 Å². The van der Waals surface area contributed by atoms with E-state index in [9.17, 15) is 4.79 Å². The molecule has 1 atom stereocenters. The highest BCUT2D eigenvalue weighted by molar-refractivity contribution is 5.86. The number of nitrogens with zero attached hydrogens (tertiary/aromatic N) is 1. The molecule has 0 heterocycles. The average molecular weight is 332 g/mol. The van der Waals surface area contributed by atoms with Crippen LogP contribution in [0, 0.1) is 5.92 Å². The van der Waals surface area contributed by atoms with Crippen LogP contribution in [0.5, 0.6) is 0 Å². The summed E-state index contributed by atoms with van der Waals surface area (Å²) in [5.41, 5.74) is 1.22. The fourth-order valence-electron chi connectivity index (χ4n) is 2.30. The van der Waals surface area contributed by atoms with Gasteiger partial charge in [0.2, 0.25) is 5.91 Å². The Morgan fingerprint density at radius 3 is 2.42 bits per heavy atom. The van der Waals surface area contributed by atoms with Crippen LogP contribution in [0.25, 0.3) is 0 Å². The Hall–Kier alpha value is -2.04. The second-order valence-corrected chi connectivity index (χ2v) is 6.53. The summed E-state index contributed by atoms with van der Waals surface area (Å²) in [6.45, 7) is 7.45. The highest BCUT2D eigenvalue weighted by Crippen LogP contribution is 2.06. The Morgan fingerprint density at radius 1 is 1.08 bits per heavy atom. The largest absolute Gasteiger partial charge is 0.354 e. The van der Waals surface area contributed by atoms with E-state index < -0.39 is 0 Å². The number of hydrogen-bond donors (Lipinski definition) is 3. The number of aliphatic imine (C=N–C) groups is 1. The SMILES string of the molecule is CN=C(NCC(=O)NCCc1ccccc1)NC(C)CCC(C)C. The average Bonchev–Trinajstić information content (AvgIpc) is 2.57. The van der Waals surface area contributed by atoms with Gasteiger partial charge in [-0.25, -0.2) is 0 Å². The van der Waals surface area contributed by atoms with Crippen LogP contribution in [0.1, 0.15) is 39.2 Å². The molecule has 0 aromatic heterocycles. The second-order valence-electron chi connectivity index (χ2n) is 6.53. The number of rotatable bonds is 9. The zero-order valence-electron chi connectivity index (χ0n) is 15.4. The van der Waals surface area contributed by atoms with Crippen molar-refractivity contribution in [3.05, 3.63) is 35.9 Å². The smallest absolute Gasteiger partial charge is 0.239 e. The van der Waals surface area contributed by atoms with Crippen LogP contribution in [0.15, 0.2) is 35.3 Å². The van der Waals surface area contributed by atoms with Gasteiger partial charge in [-0.3, -0.25) is 9.79 Å². The number of carbonyl (C=O) groups excluding carboxylic acids is 1. The molecular formula is C19H32N4O. The third-order valence-electron chi connectivity index (χ3n) is 3.78. The van der Waals surface area contributed by atoms with Gasteiger partial charge in [0.1, 0.15) is 0 Å². The van der Waals surface area contributed by atoms with Crippen LogP contribution in [0.2, 0.25) is 0 Å². The molecule has 1 amide bonds. The van der Waals surface area contributed by atoms with E-state index in [2.05, 4.69) is 53.8 Å². The second kappa shape index (κ2) is 11.5. The van der Waals surface area contributed by atoms with E-state index in [-0.39, 0.29) is 12.5 Å². The molecule has 24 heavy (non-hydrogen) atoms. The molecule has 0 radical (unpaired) electrons. The fourth-order valence-corrected chi connectivity index (χ4v) is 2.30. The summed E-state index contributed by atoms with van der Waals surface area (Å²) in [6.07, 6.45) is 3.10. The number of carbonyl (C=O) groups is 1. The number of guanidine groups is 1. The molecule has 134 valence electrons. The lowest BCUT2D eigenvalue weighted by molar-refractivity contribution is -0.119. The van der Waals surface area contributed by atoms with E-state index in [0.29, 0.717) is 24.5 Å². The summed E-state index contributed by atoms with van der Waals surface area (Å²) in [7, 11) is 1.72. The van der Waals surface area contributed by atoms with Crippen LogP contribution >= 0.6 is 0 Å². The first-order valence-corrected chi connectivity index (χ1v) is 8.79. The lowest BCUT2D eigenvalue weighted by atomic mass is 10.0. The van der Waals surface area contributed by atoms with E-state index in [1.165, 1.54) is 12.0 Å². The first-order chi connectivity index (χ1) is 11.5. The van der Waals surface area contributed by atoms with Gasteiger partial charge in [0.05, 0.1) is 6.54 Å². The summed E-state index contributed by atoms with van der Waals surface area (Å²) in [5, 5.41) is 9.30. The van der Waals surface area contributed by atoms with Crippen molar-refractivity contribution in [1.29, 1.82) is 0 Å². The Labute approximate surface area is 146 Å². The van der Waals surface area contributed by atoms with E-state index in [0.717, 1.165) is 12.8 Å². The normalized spacial score (nSPS) is 12.8. The van der Waals surface area contributed by atoms with Gasteiger partial charge >= 0.3 is 0 Å². The van der Waals surface area contributed by atoms with Gasteiger partial charge in [-0.05, 0) is 37.7 Å². The van der Waals surface area contributed by atoms with Crippen molar-refractivity contribution in [3.8, 4) is 0 Å². The number of nitrogens with one attached hydrogen (secondary N) is 3. The van der Waals surface area contributed by atoms with Crippen molar-refractivity contribution in [3.63, 3.8) is 0 Å². The maximum atomic E-state index is 11.9. The highest BCUT2D eigenvalue weighted by atomic mass is 16.1. The summed E-state index contributed by atoms with van der Waals surface area (Å²) in [5.74, 6) is 1.34. The third-order valence-corrected chi connectivity index (χ3v) is 3.78. The van der Waals surface area contributed by atoms with Gasteiger partial charge in [-0.15, -0.1) is 0 Å².